The minimum absolute atomic E-state index is 0.0549. The van der Waals surface area contributed by atoms with Crippen LogP contribution in [-0.2, 0) is 19.6 Å². The van der Waals surface area contributed by atoms with Crippen LogP contribution < -0.4 is 14.2 Å². The molecule has 0 saturated carbocycles. The van der Waals surface area contributed by atoms with E-state index >= 15 is 0 Å². The first kappa shape index (κ1) is 19.3. The Labute approximate surface area is 152 Å². The van der Waals surface area contributed by atoms with Crippen LogP contribution >= 0.6 is 0 Å². The highest BCUT2D eigenvalue weighted by atomic mass is 32.2. The van der Waals surface area contributed by atoms with E-state index in [4.69, 9.17) is 9.47 Å². The van der Waals surface area contributed by atoms with Crippen molar-refractivity contribution in [2.24, 2.45) is 0 Å². The number of rotatable bonds is 7. The van der Waals surface area contributed by atoms with Crippen LogP contribution in [0.1, 0.15) is 5.56 Å². The van der Waals surface area contributed by atoms with Crippen LogP contribution in [-0.4, -0.2) is 35.7 Å². The number of esters is 1. The van der Waals surface area contributed by atoms with Crippen LogP contribution in [0, 0.1) is 0 Å². The molecular formula is C18H19NO6S. The molecule has 0 aromatic heterocycles. The molecule has 1 N–H and O–H groups in total. The number of ether oxygens (including phenoxy) is 3. The Morgan fingerprint density at radius 1 is 1.00 bits per heavy atom. The second kappa shape index (κ2) is 8.39. The third kappa shape index (κ3) is 4.76. The van der Waals surface area contributed by atoms with Gasteiger partial charge < -0.3 is 14.2 Å². The summed E-state index contributed by atoms with van der Waals surface area (Å²) in [7, 11) is 0.404. The van der Waals surface area contributed by atoms with Crippen molar-refractivity contribution in [2.75, 3.05) is 26.1 Å². The molecule has 0 heterocycles. The zero-order valence-corrected chi connectivity index (χ0v) is 15.4. The van der Waals surface area contributed by atoms with Gasteiger partial charge in [-0.05, 0) is 35.9 Å². The van der Waals surface area contributed by atoms with Crippen molar-refractivity contribution in [1.29, 1.82) is 0 Å². The lowest BCUT2D eigenvalue weighted by Gasteiger charge is -2.12. The molecule has 0 aliphatic heterocycles. The molecule has 2 aromatic carbocycles. The van der Waals surface area contributed by atoms with Crippen molar-refractivity contribution in [3.63, 3.8) is 0 Å². The van der Waals surface area contributed by atoms with Crippen LogP contribution in [0.5, 0.6) is 11.5 Å². The van der Waals surface area contributed by atoms with E-state index in [2.05, 4.69) is 9.46 Å². The lowest BCUT2D eigenvalue weighted by atomic mass is 10.2. The summed E-state index contributed by atoms with van der Waals surface area (Å²) in [6.07, 6.45) is 2.69. The zero-order chi connectivity index (χ0) is 19.2. The number of hydrogen-bond acceptors (Lipinski definition) is 6. The normalized spacial score (nSPS) is 11.2. The van der Waals surface area contributed by atoms with Crippen LogP contribution in [0.2, 0.25) is 0 Å². The molecule has 26 heavy (non-hydrogen) atoms. The maximum Gasteiger partial charge on any atom is 0.330 e. The van der Waals surface area contributed by atoms with Gasteiger partial charge in [-0.2, -0.15) is 0 Å². The van der Waals surface area contributed by atoms with Crippen molar-refractivity contribution >= 4 is 27.8 Å². The van der Waals surface area contributed by atoms with Gasteiger partial charge >= 0.3 is 5.97 Å². The minimum Gasteiger partial charge on any atom is -0.493 e. The van der Waals surface area contributed by atoms with Crippen LogP contribution in [0.4, 0.5) is 5.69 Å². The SMILES string of the molecule is COC(=O)/C=C/c1cccc(S(=O)(=O)Nc2ccc(OC)c(OC)c2)c1. The molecule has 0 spiro atoms. The minimum atomic E-state index is -3.82. The van der Waals surface area contributed by atoms with Crippen LogP contribution in [0.15, 0.2) is 53.4 Å². The van der Waals surface area contributed by atoms with Crippen molar-refractivity contribution in [1.82, 2.24) is 0 Å². The van der Waals surface area contributed by atoms with Gasteiger partial charge in [0.15, 0.2) is 11.5 Å². The van der Waals surface area contributed by atoms with Crippen molar-refractivity contribution in [3.8, 4) is 11.5 Å². The molecular weight excluding hydrogens is 358 g/mol. The summed E-state index contributed by atoms with van der Waals surface area (Å²) >= 11 is 0. The van der Waals surface area contributed by atoms with Gasteiger partial charge in [0.2, 0.25) is 0 Å². The Morgan fingerprint density at radius 2 is 1.73 bits per heavy atom. The van der Waals surface area contributed by atoms with Gasteiger partial charge in [0.1, 0.15) is 0 Å². The maximum atomic E-state index is 12.6. The number of methoxy groups -OCH3 is 3. The molecule has 8 heteroatoms. The van der Waals surface area contributed by atoms with Crippen molar-refractivity contribution < 1.29 is 27.4 Å². The van der Waals surface area contributed by atoms with Gasteiger partial charge in [-0.3, -0.25) is 4.72 Å². The van der Waals surface area contributed by atoms with E-state index in [9.17, 15) is 13.2 Å². The highest BCUT2D eigenvalue weighted by molar-refractivity contribution is 7.92. The van der Waals surface area contributed by atoms with E-state index in [1.54, 1.807) is 24.3 Å². The number of carbonyl (C=O) groups excluding carboxylic acids is 1. The highest BCUT2D eigenvalue weighted by Gasteiger charge is 2.15. The predicted octanol–water partition coefficient (Wildman–Crippen LogP) is 2.69. The summed E-state index contributed by atoms with van der Waals surface area (Å²) in [5, 5.41) is 0. The summed E-state index contributed by atoms with van der Waals surface area (Å²) in [4.78, 5) is 11.2. The molecule has 0 aliphatic rings. The van der Waals surface area contributed by atoms with Crippen molar-refractivity contribution in [2.45, 2.75) is 4.90 Å². The Kier molecular flexibility index (Phi) is 6.24. The Bertz CT molecular complexity index is 921. The Morgan fingerprint density at radius 3 is 2.38 bits per heavy atom. The zero-order valence-electron chi connectivity index (χ0n) is 14.6. The standard InChI is InChI=1S/C18H19NO6S/c1-23-16-9-8-14(12-17(16)24-2)19-26(21,22)15-6-4-5-13(11-15)7-10-18(20)25-3/h4-12,19H,1-3H3/b10-7+. The fourth-order valence-corrected chi connectivity index (χ4v) is 3.24. The molecule has 0 bridgehead atoms. The molecule has 138 valence electrons. The van der Waals surface area contributed by atoms with Gasteiger partial charge in [0.05, 0.1) is 31.9 Å². The van der Waals surface area contributed by atoms with Crippen molar-refractivity contribution in [3.05, 3.63) is 54.1 Å². The number of sulfonamides is 1. The first-order valence-electron chi connectivity index (χ1n) is 7.50. The molecule has 2 rings (SSSR count). The first-order chi connectivity index (χ1) is 12.4. The van der Waals surface area contributed by atoms with Gasteiger partial charge in [-0.25, -0.2) is 13.2 Å². The van der Waals surface area contributed by atoms with Gasteiger partial charge in [0, 0.05) is 12.1 Å². The lowest BCUT2D eigenvalue weighted by Crippen LogP contribution is -2.13. The molecule has 0 aliphatic carbocycles. The van der Waals surface area contributed by atoms with E-state index in [1.165, 1.54) is 51.7 Å². The third-order valence-electron chi connectivity index (χ3n) is 3.42. The Balaban J connectivity index is 2.28. The lowest BCUT2D eigenvalue weighted by molar-refractivity contribution is -0.134. The summed E-state index contributed by atoms with van der Waals surface area (Å²) in [5.74, 6) is 0.370. The van der Waals surface area contributed by atoms with E-state index in [0.717, 1.165) is 0 Å². The van der Waals surface area contributed by atoms with Crippen LogP contribution in [0.25, 0.3) is 6.08 Å². The first-order valence-corrected chi connectivity index (χ1v) is 8.99. The quantitative estimate of drug-likeness (QED) is 0.589. The summed E-state index contributed by atoms with van der Waals surface area (Å²) in [6, 6.07) is 10.9. The number of hydrogen-bond donors (Lipinski definition) is 1. The molecule has 0 radical (unpaired) electrons. The maximum absolute atomic E-state index is 12.6. The average Bonchev–Trinajstić information content (AvgIpc) is 2.65. The van der Waals surface area contributed by atoms with E-state index < -0.39 is 16.0 Å². The number of nitrogens with one attached hydrogen (secondary N) is 1. The fourth-order valence-electron chi connectivity index (χ4n) is 2.13. The fraction of sp³-hybridized carbons (Fsp3) is 0.167. The topological polar surface area (TPSA) is 90.9 Å². The van der Waals surface area contributed by atoms with E-state index in [-0.39, 0.29) is 4.90 Å². The smallest absolute Gasteiger partial charge is 0.330 e. The largest absolute Gasteiger partial charge is 0.493 e. The van der Waals surface area contributed by atoms with E-state index in [1.807, 2.05) is 0 Å². The summed E-state index contributed by atoms with van der Waals surface area (Å²) < 4.78 is 42.5. The predicted molar refractivity (Wildman–Crippen MR) is 97.8 cm³/mol. The number of anilines is 1. The molecule has 0 saturated heterocycles. The van der Waals surface area contributed by atoms with Crippen LogP contribution in [0.3, 0.4) is 0 Å². The third-order valence-corrected chi connectivity index (χ3v) is 4.80. The van der Waals surface area contributed by atoms with Gasteiger partial charge in [-0.15, -0.1) is 0 Å². The second-order valence-corrected chi connectivity index (χ2v) is 6.79. The Hall–Kier alpha value is -3.00. The van der Waals surface area contributed by atoms with E-state index in [0.29, 0.717) is 22.7 Å². The number of carbonyl (C=O) groups is 1. The second-order valence-electron chi connectivity index (χ2n) is 5.10. The summed E-state index contributed by atoms with van der Waals surface area (Å²) in [5.41, 5.74) is 0.878. The molecule has 0 atom stereocenters. The monoisotopic (exact) mass is 377 g/mol. The molecule has 0 fully saturated rings. The average molecular weight is 377 g/mol. The van der Waals surface area contributed by atoms with Gasteiger partial charge in [-0.1, -0.05) is 12.1 Å². The number of benzene rings is 2. The molecule has 7 nitrogen and oxygen atoms in total. The molecule has 0 amide bonds. The highest BCUT2D eigenvalue weighted by Crippen LogP contribution is 2.30. The molecule has 2 aromatic rings. The van der Waals surface area contributed by atoms with Gasteiger partial charge in [0.25, 0.3) is 10.0 Å². The molecule has 0 unspecified atom stereocenters. The summed E-state index contributed by atoms with van der Waals surface area (Å²) in [6.45, 7) is 0.